The molecule has 0 aliphatic carbocycles. The van der Waals surface area contributed by atoms with Crippen LogP contribution in [0.1, 0.15) is 59.6 Å². The van der Waals surface area contributed by atoms with E-state index in [-0.39, 0.29) is 55.7 Å². The van der Waals surface area contributed by atoms with Crippen LogP contribution in [0.25, 0.3) is 0 Å². The van der Waals surface area contributed by atoms with Crippen LogP contribution in [0.5, 0.6) is 0 Å². The van der Waals surface area contributed by atoms with Crippen molar-refractivity contribution in [2.24, 2.45) is 0 Å². The van der Waals surface area contributed by atoms with Crippen LogP contribution in [0.3, 0.4) is 0 Å². The number of halogens is 10. The number of carbonyl (C=O) groups is 4. The van der Waals surface area contributed by atoms with Gasteiger partial charge >= 0.3 is 18.3 Å². The number of amides is 3. The predicted molar refractivity (Wildman–Crippen MR) is 234 cm³/mol. The standard InChI is InChI=1S/C24H28Cl2F3N5O2.C19H18Cl2F3N3O3/c1-16-20(26)21(24(27,28)29)30-34(16)15-19(35)32-9-7-23(8-10-32,17-3-5-18(25)6-4-17)22(36)33-13-11-31(2)12-14-33;1-11-15(21)16(19(22,23)24)25-27(11)10-14(28)26-8-6-18(7-9-26,17(29)30)12-2-4-13(20)5-3-12/h3-6H,7-15H2,1-2H3;2-5H,6-10H2,1H3,(H,29,30). The van der Waals surface area contributed by atoms with E-state index in [9.17, 15) is 50.6 Å². The van der Waals surface area contributed by atoms with Crippen molar-refractivity contribution >= 4 is 70.1 Å². The number of hydrogen-bond acceptors (Lipinski definition) is 7. The summed E-state index contributed by atoms with van der Waals surface area (Å²) in [4.78, 5) is 58.6. The predicted octanol–water partition coefficient (Wildman–Crippen LogP) is 8.01. The number of hydrogen-bond donors (Lipinski definition) is 1. The zero-order valence-electron chi connectivity index (χ0n) is 36.0. The lowest BCUT2D eigenvalue weighted by atomic mass is 9.71. The molecule has 0 bridgehead atoms. The van der Waals surface area contributed by atoms with Gasteiger partial charge in [0, 0.05) is 62.4 Å². The fraction of sp³-hybridized carbons (Fsp3) is 0.488. The molecule has 3 aliphatic heterocycles. The molecule has 0 unspecified atom stereocenters. The minimum atomic E-state index is -4.72. The molecule has 0 atom stereocenters. The van der Waals surface area contributed by atoms with Gasteiger partial charge in [-0.25, -0.2) is 0 Å². The van der Waals surface area contributed by atoms with Crippen LogP contribution in [0.2, 0.25) is 20.1 Å². The molecular formula is C43H46Cl4F6N8O5. The van der Waals surface area contributed by atoms with Crippen molar-refractivity contribution < 1.29 is 50.6 Å². The van der Waals surface area contributed by atoms with E-state index >= 15 is 0 Å². The highest BCUT2D eigenvalue weighted by Gasteiger charge is 2.47. The summed E-state index contributed by atoms with van der Waals surface area (Å²) in [5, 5.41) is 16.8. The number of carbonyl (C=O) groups excluding carboxylic acids is 3. The lowest BCUT2D eigenvalue weighted by Gasteiger charge is -2.45. The number of piperazine rings is 1. The van der Waals surface area contributed by atoms with Crippen molar-refractivity contribution in [3.05, 3.63) is 103 Å². The average Bonchev–Trinajstić information content (AvgIpc) is 3.73. The highest BCUT2D eigenvalue weighted by atomic mass is 35.5. The van der Waals surface area contributed by atoms with Gasteiger partial charge in [-0.2, -0.15) is 36.5 Å². The second-order valence-corrected chi connectivity index (χ2v) is 18.3. The van der Waals surface area contributed by atoms with Gasteiger partial charge in [0.05, 0.1) is 32.3 Å². The van der Waals surface area contributed by atoms with E-state index in [4.69, 9.17) is 46.4 Å². The minimum Gasteiger partial charge on any atom is -0.481 e. The van der Waals surface area contributed by atoms with Crippen molar-refractivity contribution in [3.8, 4) is 0 Å². The third kappa shape index (κ3) is 10.7. The Morgan fingerprint density at radius 3 is 1.26 bits per heavy atom. The van der Waals surface area contributed by atoms with Gasteiger partial charge < -0.3 is 24.7 Å². The molecule has 7 rings (SSSR count). The zero-order chi connectivity index (χ0) is 48.5. The van der Waals surface area contributed by atoms with Crippen molar-refractivity contribution in [3.63, 3.8) is 0 Å². The Hall–Kier alpha value is -4.56. The number of aliphatic carboxylic acids is 1. The molecule has 1 N–H and O–H groups in total. The molecule has 3 saturated heterocycles. The third-order valence-corrected chi connectivity index (χ3v) is 14.1. The number of aromatic nitrogens is 4. The number of carboxylic acid groups (broad SMARTS) is 1. The van der Waals surface area contributed by atoms with E-state index in [0.717, 1.165) is 28.0 Å². The Morgan fingerprint density at radius 1 is 0.576 bits per heavy atom. The van der Waals surface area contributed by atoms with Crippen molar-refractivity contribution in [2.75, 3.05) is 59.4 Å². The number of piperidine rings is 2. The SMILES string of the molecule is Cc1c(Cl)c(C(F)(F)F)nn1CC(=O)N1CCC(C(=O)N2CCN(C)CC2)(c2ccc(Cl)cc2)CC1.Cc1c(Cl)c(C(F)(F)F)nn1CC(=O)N1CCC(C(=O)O)(c2ccc(Cl)cc2)CC1. The molecule has 3 fully saturated rings. The topological polar surface area (TPSA) is 137 Å². The van der Waals surface area contributed by atoms with E-state index in [1.54, 1.807) is 41.3 Å². The molecular weight excluding hydrogens is 964 g/mol. The van der Waals surface area contributed by atoms with Crippen LogP contribution < -0.4 is 0 Å². The van der Waals surface area contributed by atoms with Gasteiger partial charge in [0.15, 0.2) is 11.4 Å². The van der Waals surface area contributed by atoms with Crippen molar-refractivity contribution in [2.45, 2.75) is 75.8 Å². The Kier molecular flexibility index (Phi) is 15.4. The van der Waals surface area contributed by atoms with Gasteiger partial charge in [-0.1, -0.05) is 70.7 Å². The Bertz CT molecular complexity index is 2420. The van der Waals surface area contributed by atoms with Gasteiger partial charge in [-0.05, 0) is 82.0 Å². The van der Waals surface area contributed by atoms with Crippen LogP contribution in [0.4, 0.5) is 26.3 Å². The second kappa shape index (κ2) is 20.0. The molecule has 0 saturated carbocycles. The molecule has 0 radical (unpaired) electrons. The maximum atomic E-state index is 13.8. The summed E-state index contributed by atoms with van der Waals surface area (Å²) < 4.78 is 80.3. The third-order valence-electron chi connectivity index (χ3n) is 12.7. The van der Waals surface area contributed by atoms with Crippen LogP contribution in [-0.2, 0) is 55.5 Å². The molecule has 23 heteroatoms. The van der Waals surface area contributed by atoms with E-state index in [1.165, 1.54) is 18.7 Å². The van der Waals surface area contributed by atoms with Crippen LogP contribution in [-0.4, -0.2) is 127 Å². The molecule has 13 nitrogen and oxygen atoms in total. The number of likely N-dealkylation sites (tertiary alicyclic amines) is 2. The summed E-state index contributed by atoms with van der Waals surface area (Å²) in [6.45, 7) is 5.70. The van der Waals surface area contributed by atoms with Gasteiger partial charge in [-0.15, -0.1) is 0 Å². The minimum absolute atomic E-state index is 0.0366. The molecule has 2 aromatic carbocycles. The summed E-state index contributed by atoms with van der Waals surface area (Å²) in [7, 11) is 2.02. The summed E-state index contributed by atoms with van der Waals surface area (Å²) in [5.74, 6) is -1.79. The Labute approximate surface area is 396 Å². The van der Waals surface area contributed by atoms with Crippen LogP contribution in [0, 0.1) is 13.8 Å². The lowest BCUT2D eigenvalue weighted by Crippen LogP contribution is -2.57. The van der Waals surface area contributed by atoms with Gasteiger partial charge in [0.1, 0.15) is 13.1 Å². The summed E-state index contributed by atoms with van der Waals surface area (Å²) in [6.07, 6.45) is -8.29. The maximum absolute atomic E-state index is 13.8. The number of likely N-dealkylation sites (N-methyl/N-ethyl adjacent to an activating group) is 1. The molecule has 66 heavy (non-hydrogen) atoms. The first-order valence-electron chi connectivity index (χ1n) is 20.8. The highest BCUT2D eigenvalue weighted by molar-refractivity contribution is 6.32. The first kappa shape index (κ1) is 50.8. The van der Waals surface area contributed by atoms with Gasteiger partial charge in [0.25, 0.3) is 0 Å². The molecule has 4 aromatic rings. The average molecular weight is 1010 g/mol. The molecule has 5 heterocycles. The van der Waals surface area contributed by atoms with Gasteiger partial charge in [0.2, 0.25) is 17.7 Å². The largest absolute Gasteiger partial charge is 0.481 e. The highest BCUT2D eigenvalue weighted by Crippen LogP contribution is 2.41. The second-order valence-electron chi connectivity index (χ2n) is 16.6. The first-order chi connectivity index (χ1) is 30.9. The normalized spacial score (nSPS) is 17.9. The van der Waals surface area contributed by atoms with E-state index in [0.29, 0.717) is 54.6 Å². The number of nitrogens with zero attached hydrogens (tertiary/aromatic N) is 8. The quantitative estimate of drug-likeness (QED) is 0.176. The van der Waals surface area contributed by atoms with Crippen LogP contribution >= 0.6 is 46.4 Å². The maximum Gasteiger partial charge on any atom is 0.436 e. The van der Waals surface area contributed by atoms with Crippen LogP contribution in [0.15, 0.2) is 48.5 Å². The van der Waals surface area contributed by atoms with E-state index < -0.39 is 63.0 Å². The lowest BCUT2D eigenvalue weighted by molar-refractivity contribution is -0.148. The number of benzene rings is 2. The number of alkyl halides is 6. The van der Waals surface area contributed by atoms with Gasteiger partial charge in [-0.3, -0.25) is 28.5 Å². The fourth-order valence-electron chi connectivity index (χ4n) is 8.55. The smallest absolute Gasteiger partial charge is 0.436 e. The fourth-order valence-corrected chi connectivity index (χ4v) is 9.29. The molecule has 3 amide bonds. The monoisotopic (exact) mass is 1010 g/mol. The summed E-state index contributed by atoms with van der Waals surface area (Å²) in [5.41, 5.74) is -2.83. The zero-order valence-corrected chi connectivity index (χ0v) is 39.0. The first-order valence-corrected chi connectivity index (χ1v) is 22.3. The van der Waals surface area contributed by atoms with Crippen molar-refractivity contribution in [1.29, 1.82) is 0 Å². The summed E-state index contributed by atoms with van der Waals surface area (Å²) in [6, 6.07) is 13.8. The molecule has 2 aromatic heterocycles. The molecule has 0 spiro atoms. The summed E-state index contributed by atoms with van der Waals surface area (Å²) >= 11 is 23.5. The number of carboxylic acids is 1. The van der Waals surface area contributed by atoms with E-state index in [1.807, 2.05) is 24.1 Å². The number of rotatable bonds is 8. The Balaban J connectivity index is 0.000000222. The molecule has 358 valence electrons. The Morgan fingerprint density at radius 2 is 0.924 bits per heavy atom. The van der Waals surface area contributed by atoms with E-state index in [2.05, 4.69) is 15.1 Å². The van der Waals surface area contributed by atoms with Crippen molar-refractivity contribution in [1.82, 2.24) is 39.2 Å². The molecule has 3 aliphatic rings.